The number of benzene rings is 2. The Morgan fingerprint density at radius 3 is 2.57 bits per heavy atom. The number of carboxylic acid groups (broad SMARTS) is 1. The second-order valence-corrected chi connectivity index (χ2v) is 8.22. The number of nitrogens with zero attached hydrogens (tertiary/aromatic N) is 3. The minimum atomic E-state index is -1.24. The molecule has 0 aliphatic carbocycles. The zero-order valence-electron chi connectivity index (χ0n) is 16.1. The van der Waals surface area contributed by atoms with E-state index in [9.17, 15) is 14.7 Å². The number of carbonyl (C=O) groups is 1. The predicted molar refractivity (Wildman–Crippen MR) is 119 cm³/mol. The van der Waals surface area contributed by atoms with Crippen LogP contribution in [0.5, 0.6) is 0 Å². The number of rotatable bonds is 4. The third kappa shape index (κ3) is 3.17. The van der Waals surface area contributed by atoms with Crippen molar-refractivity contribution in [2.75, 3.05) is 18.0 Å². The number of carboxylic acids is 1. The van der Waals surface area contributed by atoms with Crippen LogP contribution in [-0.4, -0.2) is 33.7 Å². The van der Waals surface area contributed by atoms with Gasteiger partial charge in [-0.25, -0.2) is 9.78 Å². The molecule has 2 aromatic heterocycles. The maximum atomic E-state index is 12.5. The van der Waals surface area contributed by atoms with Crippen LogP contribution in [0, 0.1) is 0 Å². The summed E-state index contributed by atoms with van der Waals surface area (Å²) in [6.07, 6.45) is 3.81. The summed E-state index contributed by atoms with van der Waals surface area (Å²) in [6, 6.07) is 15.3. The number of anilines is 1. The number of aromatic nitrogens is 2. The first-order chi connectivity index (χ1) is 14.6. The Kier molecular flexibility index (Phi) is 4.59. The van der Waals surface area contributed by atoms with Gasteiger partial charge in [0.15, 0.2) is 5.43 Å². The van der Waals surface area contributed by atoms with Gasteiger partial charge in [0.2, 0.25) is 0 Å². The van der Waals surface area contributed by atoms with Gasteiger partial charge in [0.1, 0.15) is 11.1 Å². The smallest absolute Gasteiger partial charge is 0.341 e. The van der Waals surface area contributed by atoms with Crippen molar-refractivity contribution in [2.45, 2.75) is 12.8 Å². The van der Waals surface area contributed by atoms with Crippen LogP contribution in [0.1, 0.15) is 23.2 Å². The SMILES string of the molecule is O=C(O)c1cn(-c2cccc3scnc23)c(-c2ccc(N3CCCC3)cc2)cc1=O. The molecule has 0 saturated carbocycles. The average molecular weight is 417 g/mol. The molecule has 0 radical (unpaired) electrons. The lowest BCUT2D eigenvalue weighted by Gasteiger charge is -2.19. The van der Waals surface area contributed by atoms with Crippen molar-refractivity contribution in [3.8, 4) is 16.9 Å². The van der Waals surface area contributed by atoms with Crippen LogP contribution < -0.4 is 10.3 Å². The van der Waals surface area contributed by atoms with Gasteiger partial charge in [0, 0.05) is 31.0 Å². The Bertz CT molecular complexity index is 1300. The Hall–Kier alpha value is -3.45. The summed E-state index contributed by atoms with van der Waals surface area (Å²) < 4.78 is 2.76. The van der Waals surface area contributed by atoms with Crippen LogP contribution in [0.3, 0.4) is 0 Å². The predicted octanol–water partition coefficient (Wildman–Crippen LogP) is 4.41. The number of pyridine rings is 1. The maximum absolute atomic E-state index is 12.5. The standard InChI is InChI=1S/C23H19N3O3S/c27-20-12-19(15-6-8-16(9-7-15)25-10-1-2-11-25)26(13-17(20)23(28)29)18-4-3-5-21-22(18)24-14-30-21/h3-9,12-14H,1-2,10-11H2,(H,28,29). The van der Waals surface area contributed by atoms with Gasteiger partial charge in [-0.2, -0.15) is 0 Å². The Morgan fingerprint density at radius 2 is 1.83 bits per heavy atom. The summed E-state index contributed by atoms with van der Waals surface area (Å²) in [5.41, 5.74) is 5.15. The van der Waals surface area contributed by atoms with Crippen LogP contribution in [0.4, 0.5) is 5.69 Å². The highest BCUT2D eigenvalue weighted by Gasteiger charge is 2.18. The van der Waals surface area contributed by atoms with E-state index in [4.69, 9.17) is 0 Å². The van der Waals surface area contributed by atoms with Crippen molar-refractivity contribution in [2.24, 2.45) is 0 Å². The topological polar surface area (TPSA) is 75.4 Å². The molecule has 0 spiro atoms. The monoisotopic (exact) mass is 417 g/mol. The number of aromatic carboxylic acids is 1. The third-order valence-electron chi connectivity index (χ3n) is 5.51. The third-order valence-corrected chi connectivity index (χ3v) is 6.31. The Morgan fingerprint density at radius 1 is 1.07 bits per heavy atom. The minimum absolute atomic E-state index is 0.264. The molecule has 30 heavy (non-hydrogen) atoms. The second kappa shape index (κ2) is 7.42. The van der Waals surface area contributed by atoms with Crippen molar-refractivity contribution in [1.29, 1.82) is 0 Å². The highest BCUT2D eigenvalue weighted by Crippen LogP contribution is 2.30. The second-order valence-electron chi connectivity index (χ2n) is 7.33. The molecule has 6 nitrogen and oxygen atoms in total. The van der Waals surface area contributed by atoms with Gasteiger partial charge < -0.3 is 14.6 Å². The van der Waals surface area contributed by atoms with Crippen LogP contribution in [0.15, 0.2) is 65.0 Å². The lowest BCUT2D eigenvalue weighted by atomic mass is 10.1. The number of fused-ring (bicyclic) bond motifs is 1. The van der Waals surface area contributed by atoms with Crippen molar-refractivity contribution in [3.63, 3.8) is 0 Å². The van der Waals surface area contributed by atoms with E-state index in [1.165, 1.54) is 36.4 Å². The van der Waals surface area contributed by atoms with Gasteiger partial charge in [-0.15, -0.1) is 11.3 Å². The first kappa shape index (κ1) is 18.6. The highest BCUT2D eigenvalue weighted by molar-refractivity contribution is 7.16. The van der Waals surface area contributed by atoms with E-state index in [1.807, 2.05) is 30.3 Å². The number of thiazole rings is 1. The molecule has 0 atom stereocenters. The molecule has 1 N–H and O–H groups in total. The van der Waals surface area contributed by atoms with Crippen LogP contribution in [-0.2, 0) is 0 Å². The first-order valence-electron chi connectivity index (χ1n) is 9.80. The largest absolute Gasteiger partial charge is 0.477 e. The molecule has 4 aromatic rings. The molecule has 1 aliphatic rings. The molecule has 0 unspecified atom stereocenters. The molecule has 5 rings (SSSR count). The van der Waals surface area contributed by atoms with Crippen LogP contribution >= 0.6 is 11.3 Å². The molecule has 150 valence electrons. The molecule has 0 amide bonds. The van der Waals surface area contributed by atoms with Crippen LogP contribution in [0.25, 0.3) is 27.2 Å². The Labute approximate surface area is 176 Å². The molecular weight excluding hydrogens is 398 g/mol. The first-order valence-corrected chi connectivity index (χ1v) is 10.7. The fourth-order valence-corrected chi connectivity index (χ4v) is 4.70. The quantitative estimate of drug-likeness (QED) is 0.532. The summed E-state index contributed by atoms with van der Waals surface area (Å²) in [4.78, 5) is 30.9. The van der Waals surface area contributed by atoms with Gasteiger partial charge in [-0.1, -0.05) is 18.2 Å². The number of hydrogen-bond donors (Lipinski definition) is 1. The average Bonchev–Trinajstić information content (AvgIpc) is 3.45. The van der Waals surface area contributed by atoms with Crippen molar-refractivity contribution >= 4 is 33.2 Å². The van der Waals surface area contributed by atoms with Gasteiger partial charge in [-0.3, -0.25) is 4.79 Å². The number of hydrogen-bond acceptors (Lipinski definition) is 5. The summed E-state index contributed by atoms with van der Waals surface area (Å²) in [5.74, 6) is -1.24. The molecule has 1 saturated heterocycles. The van der Waals surface area contributed by atoms with Crippen molar-refractivity contribution in [1.82, 2.24) is 9.55 Å². The van der Waals surface area contributed by atoms with Gasteiger partial charge in [0.25, 0.3) is 0 Å². The minimum Gasteiger partial charge on any atom is -0.477 e. The van der Waals surface area contributed by atoms with Gasteiger partial charge >= 0.3 is 5.97 Å². The molecule has 3 heterocycles. The summed E-state index contributed by atoms with van der Waals surface area (Å²) in [5, 5.41) is 9.50. The fourth-order valence-electron chi connectivity index (χ4n) is 4.00. The van der Waals surface area contributed by atoms with Crippen LogP contribution in [0.2, 0.25) is 0 Å². The number of para-hydroxylation sites is 1. The Balaban J connectivity index is 1.70. The zero-order valence-corrected chi connectivity index (χ0v) is 16.9. The maximum Gasteiger partial charge on any atom is 0.341 e. The van der Waals surface area contributed by atoms with E-state index in [1.54, 1.807) is 10.1 Å². The molecular formula is C23H19N3O3S. The summed E-state index contributed by atoms with van der Waals surface area (Å²) >= 11 is 1.52. The van der Waals surface area contributed by atoms with E-state index < -0.39 is 11.4 Å². The summed E-state index contributed by atoms with van der Waals surface area (Å²) in [7, 11) is 0. The van der Waals surface area contributed by atoms with Gasteiger partial charge in [0.05, 0.1) is 21.6 Å². The normalized spacial score (nSPS) is 13.8. The molecule has 2 aromatic carbocycles. The molecule has 1 fully saturated rings. The zero-order chi connectivity index (χ0) is 20.7. The van der Waals surface area contributed by atoms with E-state index in [0.717, 1.165) is 40.2 Å². The van der Waals surface area contributed by atoms with E-state index >= 15 is 0 Å². The molecule has 7 heteroatoms. The van der Waals surface area contributed by atoms with E-state index in [2.05, 4.69) is 22.0 Å². The van der Waals surface area contributed by atoms with E-state index in [0.29, 0.717) is 5.69 Å². The fraction of sp³-hybridized carbons (Fsp3) is 0.174. The molecule has 0 bridgehead atoms. The highest BCUT2D eigenvalue weighted by atomic mass is 32.1. The van der Waals surface area contributed by atoms with E-state index in [-0.39, 0.29) is 5.56 Å². The van der Waals surface area contributed by atoms with Gasteiger partial charge in [-0.05, 0) is 42.7 Å². The molecule has 1 aliphatic heterocycles. The summed E-state index contributed by atoms with van der Waals surface area (Å²) in [6.45, 7) is 2.12. The van der Waals surface area contributed by atoms with Crippen molar-refractivity contribution in [3.05, 3.63) is 76.0 Å². The lowest BCUT2D eigenvalue weighted by molar-refractivity contribution is 0.0695. The van der Waals surface area contributed by atoms with Crippen molar-refractivity contribution < 1.29 is 9.90 Å². The lowest BCUT2D eigenvalue weighted by Crippen LogP contribution is -2.18.